The van der Waals surface area contributed by atoms with Crippen LogP contribution < -0.4 is 10.2 Å². The second kappa shape index (κ2) is 9.18. The van der Waals surface area contributed by atoms with Crippen molar-refractivity contribution < 1.29 is 22.7 Å². The monoisotopic (exact) mass is 374 g/mol. The van der Waals surface area contributed by atoms with E-state index in [0.717, 1.165) is 25.2 Å². The van der Waals surface area contributed by atoms with E-state index in [2.05, 4.69) is 10.3 Å². The molecular formula is C17H25F3N4O2. The molecule has 9 heteroatoms. The fraction of sp³-hybridized carbons (Fsp3) is 0.647. The fourth-order valence-corrected chi connectivity index (χ4v) is 2.91. The molecule has 0 spiro atoms. The van der Waals surface area contributed by atoms with Crippen molar-refractivity contribution >= 4 is 11.7 Å². The van der Waals surface area contributed by atoms with Crippen molar-refractivity contribution in [2.45, 2.75) is 25.6 Å². The Bertz CT molecular complexity index is 580. The zero-order valence-electron chi connectivity index (χ0n) is 15.1. The van der Waals surface area contributed by atoms with E-state index in [1.165, 1.54) is 6.07 Å². The lowest BCUT2D eigenvalue weighted by molar-refractivity contribution is -0.137. The van der Waals surface area contributed by atoms with Crippen LogP contribution in [0.1, 0.15) is 18.9 Å². The summed E-state index contributed by atoms with van der Waals surface area (Å²) in [5.41, 5.74) is -0.750. The van der Waals surface area contributed by atoms with Crippen LogP contribution in [0.4, 0.5) is 19.0 Å². The van der Waals surface area contributed by atoms with Crippen molar-refractivity contribution in [2.24, 2.45) is 0 Å². The second-order valence-corrected chi connectivity index (χ2v) is 6.44. The number of hydrogen-bond acceptors (Lipinski definition) is 5. The zero-order valence-corrected chi connectivity index (χ0v) is 15.1. The summed E-state index contributed by atoms with van der Waals surface area (Å²) in [7, 11) is 1.58. The van der Waals surface area contributed by atoms with E-state index in [1.54, 1.807) is 7.11 Å². The molecule has 0 saturated carbocycles. The molecular weight excluding hydrogens is 349 g/mol. The number of methoxy groups -OCH3 is 1. The number of amides is 1. The Hall–Kier alpha value is -1.87. The molecule has 1 aromatic rings. The van der Waals surface area contributed by atoms with Gasteiger partial charge in [0.1, 0.15) is 5.82 Å². The van der Waals surface area contributed by atoms with Crippen LogP contribution in [0.3, 0.4) is 0 Å². The lowest BCUT2D eigenvalue weighted by Crippen LogP contribution is -2.43. The summed E-state index contributed by atoms with van der Waals surface area (Å²) in [5, 5.41) is 2.87. The van der Waals surface area contributed by atoms with E-state index in [4.69, 9.17) is 4.74 Å². The molecule has 1 aliphatic rings. The summed E-state index contributed by atoms with van der Waals surface area (Å²) in [6.07, 6.45) is -2.71. The molecule has 0 aliphatic carbocycles. The molecule has 1 aromatic heterocycles. The van der Waals surface area contributed by atoms with Gasteiger partial charge in [-0.05, 0) is 25.5 Å². The molecule has 146 valence electrons. The number of carbonyl (C=O) groups excluding carboxylic acids is 1. The standard InChI is InChI=1S/C17H25F3N4O2/c1-13(12-26-2)22-16(25)11-23-6-3-7-24(9-8-23)15-5-4-14(10-21-15)17(18,19)20/h4-5,10,13H,3,6-9,11-12H2,1-2H3,(H,22,25). The summed E-state index contributed by atoms with van der Waals surface area (Å²) in [5.74, 6) is 0.466. The highest BCUT2D eigenvalue weighted by Crippen LogP contribution is 2.29. The summed E-state index contributed by atoms with van der Waals surface area (Å²) >= 11 is 0. The predicted molar refractivity (Wildman–Crippen MR) is 92.0 cm³/mol. The van der Waals surface area contributed by atoms with Crippen LogP contribution >= 0.6 is 0 Å². The molecule has 0 radical (unpaired) electrons. The highest BCUT2D eigenvalue weighted by Gasteiger charge is 2.31. The largest absolute Gasteiger partial charge is 0.417 e. The van der Waals surface area contributed by atoms with E-state index in [0.29, 0.717) is 38.6 Å². The predicted octanol–water partition coefficient (Wildman–Crippen LogP) is 1.76. The highest BCUT2D eigenvalue weighted by molar-refractivity contribution is 5.78. The third-order valence-electron chi connectivity index (χ3n) is 4.18. The first-order valence-electron chi connectivity index (χ1n) is 8.58. The van der Waals surface area contributed by atoms with Gasteiger partial charge in [0, 0.05) is 45.5 Å². The topological polar surface area (TPSA) is 57.7 Å². The Morgan fingerprint density at radius 2 is 2.08 bits per heavy atom. The van der Waals surface area contributed by atoms with Gasteiger partial charge in [-0.15, -0.1) is 0 Å². The maximum absolute atomic E-state index is 12.6. The molecule has 1 amide bonds. The second-order valence-electron chi connectivity index (χ2n) is 6.44. The molecule has 2 rings (SSSR count). The number of halogens is 3. The molecule has 1 aliphatic heterocycles. The van der Waals surface area contributed by atoms with Crippen LogP contribution in [0, 0.1) is 0 Å². The first kappa shape index (κ1) is 20.4. The molecule has 0 bridgehead atoms. The third kappa shape index (κ3) is 6.14. The Morgan fingerprint density at radius 3 is 2.69 bits per heavy atom. The van der Waals surface area contributed by atoms with Crippen molar-refractivity contribution in [3.63, 3.8) is 0 Å². The number of nitrogens with zero attached hydrogens (tertiary/aromatic N) is 3. The van der Waals surface area contributed by atoms with Gasteiger partial charge in [0.05, 0.1) is 18.7 Å². The zero-order chi connectivity index (χ0) is 19.2. The number of anilines is 1. The average molecular weight is 374 g/mol. The van der Waals surface area contributed by atoms with Crippen LogP contribution in [0.15, 0.2) is 18.3 Å². The molecule has 1 unspecified atom stereocenters. The van der Waals surface area contributed by atoms with Crippen molar-refractivity contribution in [2.75, 3.05) is 51.3 Å². The number of rotatable bonds is 6. The van der Waals surface area contributed by atoms with Crippen molar-refractivity contribution in [1.29, 1.82) is 0 Å². The van der Waals surface area contributed by atoms with E-state index in [9.17, 15) is 18.0 Å². The molecule has 2 heterocycles. The van der Waals surface area contributed by atoms with Gasteiger partial charge < -0.3 is 15.0 Å². The van der Waals surface area contributed by atoms with Crippen molar-refractivity contribution in [1.82, 2.24) is 15.2 Å². The van der Waals surface area contributed by atoms with E-state index in [1.807, 2.05) is 16.7 Å². The number of aromatic nitrogens is 1. The Morgan fingerprint density at radius 1 is 1.31 bits per heavy atom. The van der Waals surface area contributed by atoms with Crippen LogP contribution in [0.5, 0.6) is 0 Å². The maximum Gasteiger partial charge on any atom is 0.417 e. The fourth-order valence-electron chi connectivity index (χ4n) is 2.91. The summed E-state index contributed by atoms with van der Waals surface area (Å²) < 4.78 is 42.9. The molecule has 1 atom stereocenters. The molecule has 26 heavy (non-hydrogen) atoms. The molecule has 6 nitrogen and oxygen atoms in total. The molecule has 1 saturated heterocycles. The van der Waals surface area contributed by atoms with Gasteiger partial charge in [0.25, 0.3) is 0 Å². The number of carbonyl (C=O) groups is 1. The van der Waals surface area contributed by atoms with Gasteiger partial charge in [-0.1, -0.05) is 0 Å². The van der Waals surface area contributed by atoms with Gasteiger partial charge in [-0.2, -0.15) is 13.2 Å². The van der Waals surface area contributed by atoms with E-state index < -0.39 is 11.7 Å². The highest BCUT2D eigenvalue weighted by atomic mass is 19.4. The number of ether oxygens (including phenoxy) is 1. The molecule has 1 N–H and O–H groups in total. The van der Waals surface area contributed by atoms with Crippen molar-refractivity contribution in [3.05, 3.63) is 23.9 Å². The van der Waals surface area contributed by atoms with Crippen LogP contribution in [0.25, 0.3) is 0 Å². The van der Waals surface area contributed by atoms with Crippen molar-refractivity contribution in [3.8, 4) is 0 Å². The SMILES string of the molecule is COCC(C)NC(=O)CN1CCCN(c2ccc(C(F)(F)F)cn2)CC1. The first-order valence-corrected chi connectivity index (χ1v) is 8.58. The lowest BCUT2D eigenvalue weighted by Gasteiger charge is -2.23. The van der Waals surface area contributed by atoms with Gasteiger partial charge in [-0.3, -0.25) is 9.69 Å². The van der Waals surface area contributed by atoms with E-state index >= 15 is 0 Å². The summed E-state index contributed by atoms with van der Waals surface area (Å²) in [4.78, 5) is 20.0. The minimum atomic E-state index is -4.38. The Balaban J connectivity index is 1.86. The summed E-state index contributed by atoms with van der Waals surface area (Å²) in [6, 6.07) is 2.40. The van der Waals surface area contributed by atoms with Gasteiger partial charge in [-0.25, -0.2) is 4.98 Å². The number of nitrogens with one attached hydrogen (secondary N) is 1. The molecule has 1 fully saturated rings. The lowest BCUT2D eigenvalue weighted by atomic mass is 10.2. The first-order chi connectivity index (χ1) is 12.3. The quantitative estimate of drug-likeness (QED) is 0.822. The minimum Gasteiger partial charge on any atom is -0.383 e. The number of hydrogen-bond donors (Lipinski definition) is 1. The van der Waals surface area contributed by atoms with Crippen LogP contribution in [-0.4, -0.2) is 68.3 Å². The normalized spacial score (nSPS) is 17.7. The smallest absolute Gasteiger partial charge is 0.383 e. The van der Waals surface area contributed by atoms with E-state index in [-0.39, 0.29) is 11.9 Å². The van der Waals surface area contributed by atoms with Gasteiger partial charge >= 0.3 is 6.18 Å². The molecule has 0 aromatic carbocycles. The Labute approximate surface area is 151 Å². The maximum atomic E-state index is 12.6. The number of alkyl halides is 3. The van der Waals surface area contributed by atoms with Crippen LogP contribution in [-0.2, 0) is 15.7 Å². The summed E-state index contributed by atoms with van der Waals surface area (Å²) in [6.45, 7) is 5.33. The van der Waals surface area contributed by atoms with Gasteiger partial charge in [0.15, 0.2) is 0 Å². The Kier molecular flexibility index (Phi) is 7.22. The number of pyridine rings is 1. The average Bonchev–Trinajstić information content (AvgIpc) is 2.80. The minimum absolute atomic E-state index is 0.0488. The third-order valence-corrected chi connectivity index (χ3v) is 4.18. The van der Waals surface area contributed by atoms with Crippen LogP contribution in [0.2, 0.25) is 0 Å². The van der Waals surface area contributed by atoms with Gasteiger partial charge in [0.2, 0.25) is 5.91 Å².